The zero-order valence-corrected chi connectivity index (χ0v) is 11.3. The molecule has 1 aliphatic heterocycles. The standard InChI is InChI=1S/C15H16ClNO2/c16-15-6-5-14(19-15)12(17)9-10-7-8-18-13-4-2-1-3-11(10)13/h1-6,10,12H,7-9,17H2. The molecule has 3 rings (SSSR count). The van der Waals surface area contributed by atoms with Crippen LogP contribution in [0.4, 0.5) is 0 Å². The third kappa shape index (κ3) is 2.62. The fourth-order valence-corrected chi connectivity index (χ4v) is 2.76. The Balaban J connectivity index is 1.77. The van der Waals surface area contributed by atoms with E-state index in [2.05, 4.69) is 6.07 Å². The summed E-state index contributed by atoms with van der Waals surface area (Å²) in [5.74, 6) is 2.13. The predicted octanol–water partition coefficient (Wildman–Crippen LogP) is 3.89. The number of halogens is 1. The normalized spacial score (nSPS) is 19.6. The fraction of sp³-hybridized carbons (Fsp3) is 0.333. The molecule has 0 amide bonds. The lowest BCUT2D eigenvalue weighted by molar-refractivity contribution is 0.256. The van der Waals surface area contributed by atoms with Crippen molar-refractivity contribution in [1.82, 2.24) is 0 Å². The van der Waals surface area contributed by atoms with Crippen molar-refractivity contribution in [3.8, 4) is 5.75 Å². The lowest BCUT2D eigenvalue weighted by atomic mass is 9.87. The maximum Gasteiger partial charge on any atom is 0.193 e. The van der Waals surface area contributed by atoms with Gasteiger partial charge >= 0.3 is 0 Å². The topological polar surface area (TPSA) is 48.4 Å². The van der Waals surface area contributed by atoms with E-state index >= 15 is 0 Å². The van der Waals surface area contributed by atoms with Crippen LogP contribution in [0.1, 0.15) is 36.1 Å². The van der Waals surface area contributed by atoms with E-state index in [1.54, 1.807) is 6.07 Å². The van der Waals surface area contributed by atoms with E-state index in [9.17, 15) is 0 Å². The number of hydrogen-bond donors (Lipinski definition) is 1. The second-order valence-electron chi connectivity index (χ2n) is 4.86. The fourth-order valence-electron chi connectivity index (χ4n) is 2.61. The summed E-state index contributed by atoms with van der Waals surface area (Å²) in [6.07, 6.45) is 1.82. The van der Waals surface area contributed by atoms with Gasteiger partial charge < -0.3 is 14.9 Å². The average molecular weight is 278 g/mol. The second-order valence-corrected chi connectivity index (χ2v) is 5.23. The highest BCUT2D eigenvalue weighted by Crippen LogP contribution is 2.38. The van der Waals surface area contributed by atoms with Gasteiger partial charge in [0.2, 0.25) is 0 Å². The van der Waals surface area contributed by atoms with Crippen molar-refractivity contribution in [3.63, 3.8) is 0 Å². The van der Waals surface area contributed by atoms with Crippen LogP contribution in [0.3, 0.4) is 0 Å². The highest BCUT2D eigenvalue weighted by atomic mass is 35.5. The molecule has 0 saturated carbocycles. The molecule has 1 aliphatic rings. The summed E-state index contributed by atoms with van der Waals surface area (Å²) < 4.78 is 11.0. The SMILES string of the molecule is NC(CC1CCOc2ccccc21)c1ccc(Cl)o1. The van der Waals surface area contributed by atoms with Crippen molar-refractivity contribution in [2.75, 3.05) is 6.61 Å². The van der Waals surface area contributed by atoms with E-state index in [1.165, 1.54) is 5.56 Å². The third-order valence-corrected chi connectivity index (χ3v) is 3.78. The van der Waals surface area contributed by atoms with Gasteiger partial charge in [0.25, 0.3) is 0 Å². The van der Waals surface area contributed by atoms with E-state index in [-0.39, 0.29) is 6.04 Å². The molecule has 0 radical (unpaired) electrons. The van der Waals surface area contributed by atoms with Crippen LogP contribution in [0.5, 0.6) is 5.75 Å². The Kier molecular flexibility index (Phi) is 3.49. The van der Waals surface area contributed by atoms with Gasteiger partial charge in [-0.15, -0.1) is 0 Å². The lowest BCUT2D eigenvalue weighted by Gasteiger charge is -2.27. The molecule has 1 aromatic carbocycles. The van der Waals surface area contributed by atoms with Gasteiger partial charge in [-0.25, -0.2) is 0 Å². The molecule has 0 bridgehead atoms. The Bertz CT molecular complexity index is 567. The maximum atomic E-state index is 6.20. The van der Waals surface area contributed by atoms with Crippen LogP contribution in [0.15, 0.2) is 40.8 Å². The van der Waals surface area contributed by atoms with Crippen LogP contribution < -0.4 is 10.5 Å². The minimum Gasteiger partial charge on any atom is -0.493 e. The first-order valence-electron chi connectivity index (χ1n) is 6.46. The quantitative estimate of drug-likeness (QED) is 0.926. The molecule has 2 atom stereocenters. The van der Waals surface area contributed by atoms with Crippen LogP contribution in [-0.4, -0.2) is 6.61 Å². The number of fused-ring (bicyclic) bond motifs is 1. The molecule has 1 aromatic heterocycles. The Morgan fingerprint density at radius 1 is 1.26 bits per heavy atom. The molecule has 3 nitrogen and oxygen atoms in total. The molecule has 4 heteroatoms. The zero-order chi connectivity index (χ0) is 13.2. The monoisotopic (exact) mass is 277 g/mol. The highest BCUT2D eigenvalue weighted by molar-refractivity contribution is 6.28. The molecule has 2 unspecified atom stereocenters. The number of nitrogens with two attached hydrogens (primary N) is 1. The average Bonchev–Trinajstić information content (AvgIpc) is 2.86. The first-order chi connectivity index (χ1) is 9.24. The van der Waals surface area contributed by atoms with E-state index in [0.29, 0.717) is 11.1 Å². The molecule has 2 aromatic rings. The summed E-state index contributed by atoms with van der Waals surface area (Å²) in [6, 6.07) is 11.6. The maximum absolute atomic E-state index is 6.20. The van der Waals surface area contributed by atoms with Crippen LogP contribution in [0.25, 0.3) is 0 Å². The molecule has 0 spiro atoms. The van der Waals surface area contributed by atoms with Gasteiger partial charge in [0.05, 0.1) is 12.6 Å². The van der Waals surface area contributed by atoms with Crippen molar-refractivity contribution in [2.24, 2.45) is 5.73 Å². The van der Waals surface area contributed by atoms with Gasteiger partial charge in [-0.3, -0.25) is 0 Å². The Labute approximate surface area is 117 Å². The highest BCUT2D eigenvalue weighted by Gasteiger charge is 2.24. The van der Waals surface area contributed by atoms with E-state index in [1.807, 2.05) is 24.3 Å². The third-order valence-electron chi connectivity index (χ3n) is 3.58. The molecule has 100 valence electrons. The molecule has 2 N–H and O–H groups in total. The van der Waals surface area contributed by atoms with E-state index in [0.717, 1.165) is 31.0 Å². The van der Waals surface area contributed by atoms with E-state index < -0.39 is 0 Å². The molecular weight excluding hydrogens is 262 g/mol. The summed E-state index contributed by atoms with van der Waals surface area (Å²) >= 11 is 5.79. The summed E-state index contributed by atoms with van der Waals surface area (Å²) in [6.45, 7) is 0.743. The molecule has 19 heavy (non-hydrogen) atoms. The van der Waals surface area contributed by atoms with Crippen LogP contribution in [-0.2, 0) is 0 Å². The van der Waals surface area contributed by atoms with Crippen LogP contribution in [0, 0.1) is 0 Å². The largest absolute Gasteiger partial charge is 0.493 e. The second kappa shape index (κ2) is 5.27. The molecule has 0 saturated heterocycles. The molecule has 0 aliphatic carbocycles. The van der Waals surface area contributed by atoms with Crippen molar-refractivity contribution < 1.29 is 9.15 Å². The van der Waals surface area contributed by atoms with Crippen molar-refractivity contribution >= 4 is 11.6 Å². The van der Waals surface area contributed by atoms with Gasteiger partial charge in [0.1, 0.15) is 11.5 Å². The van der Waals surface area contributed by atoms with Crippen molar-refractivity contribution in [3.05, 3.63) is 52.9 Å². The summed E-state index contributed by atoms with van der Waals surface area (Å²) in [7, 11) is 0. The van der Waals surface area contributed by atoms with Crippen LogP contribution in [0.2, 0.25) is 5.22 Å². The number of benzene rings is 1. The van der Waals surface area contributed by atoms with E-state index in [4.69, 9.17) is 26.5 Å². The number of rotatable bonds is 3. The first kappa shape index (κ1) is 12.6. The van der Waals surface area contributed by atoms with Gasteiger partial charge in [0.15, 0.2) is 5.22 Å². The van der Waals surface area contributed by atoms with Crippen molar-refractivity contribution in [1.29, 1.82) is 0 Å². The Morgan fingerprint density at radius 3 is 2.89 bits per heavy atom. The zero-order valence-electron chi connectivity index (χ0n) is 10.5. The minimum absolute atomic E-state index is 0.136. The Hall–Kier alpha value is -1.45. The lowest BCUT2D eigenvalue weighted by Crippen LogP contribution is -2.19. The summed E-state index contributed by atoms with van der Waals surface area (Å²) in [5, 5.41) is 0.387. The van der Waals surface area contributed by atoms with Crippen LogP contribution >= 0.6 is 11.6 Å². The van der Waals surface area contributed by atoms with Gasteiger partial charge in [-0.2, -0.15) is 0 Å². The number of ether oxygens (including phenoxy) is 1. The molecular formula is C15H16ClNO2. The molecule has 2 heterocycles. The summed E-state index contributed by atoms with van der Waals surface area (Å²) in [5.41, 5.74) is 7.44. The van der Waals surface area contributed by atoms with Crippen molar-refractivity contribution in [2.45, 2.75) is 24.8 Å². The minimum atomic E-state index is -0.136. The Morgan fingerprint density at radius 2 is 2.11 bits per heavy atom. The van der Waals surface area contributed by atoms with Gasteiger partial charge in [0, 0.05) is 0 Å². The number of furan rings is 1. The van der Waals surface area contributed by atoms with Gasteiger partial charge in [-0.1, -0.05) is 18.2 Å². The number of para-hydroxylation sites is 1. The molecule has 0 fully saturated rings. The van der Waals surface area contributed by atoms with Gasteiger partial charge in [-0.05, 0) is 54.1 Å². The predicted molar refractivity (Wildman–Crippen MR) is 74.6 cm³/mol. The number of hydrogen-bond acceptors (Lipinski definition) is 3. The smallest absolute Gasteiger partial charge is 0.193 e. The summed E-state index contributed by atoms with van der Waals surface area (Å²) in [4.78, 5) is 0. The first-order valence-corrected chi connectivity index (χ1v) is 6.84.